The Balaban J connectivity index is 2.45. The predicted molar refractivity (Wildman–Crippen MR) is 180 cm³/mol. The molecule has 0 aromatic heterocycles. The number of carbonyl (C=O) groups is 1. The highest BCUT2D eigenvalue weighted by molar-refractivity contribution is 5.60. The molecule has 0 aliphatic carbocycles. The van der Waals surface area contributed by atoms with Gasteiger partial charge in [0.2, 0.25) is 0 Å². The Bertz CT molecular complexity index is 1170. The first-order chi connectivity index (χ1) is 18.5. The zero-order valence-electron chi connectivity index (χ0n) is 30.4. The summed E-state index contributed by atoms with van der Waals surface area (Å²) in [6.07, 6.45) is -0.635. The minimum atomic E-state index is -0.635. The third kappa shape index (κ3) is 8.87. The van der Waals surface area contributed by atoms with Crippen LogP contribution in [0, 0.1) is 0 Å². The van der Waals surface area contributed by atoms with E-state index in [0.717, 1.165) is 11.1 Å². The van der Waals surface area contributed by atoms with Crippen molar-refractivity contribution in [2.45, 2.75) is 170 Å². The van der Waals surface area contributed by atoms with E-state index in [0.29, 0.717) is 0 Å². The SMILES string of the molecule is CC(C)(C)c1cc(C(C)(C)C)c(C(C)(C)C)cc1COC(=O)OCc1cc(C(C)(C)C)c(C(C)(C)C)cc1C(C)(C)C. The van der Waals surface area contributed by atoms with Crippen molar-refractivity contribution in [2.24, 2.45) is 0 Å². The van der Waals surface area contributed by atoms with E-state index in [2.05, 4.69) is 149 Å². The lowest BCUT2D eigenvalue weighted by Gasteiger charge is -2.34. The van der Waals surface area contributed by atoms with Gasteiger partial charge < -0.3 is 9.47 Å². The molecule has 0 spiro atoms. The fourth-order valence-electron chi connectivity index (χ4n) is 5.72. The molecule has 2 rings (SSSR count). The maximum absolute atomic E-state index is 13.1. The largest absolute Gasteiger partial charge is 0.508 e. The Morgan fingerprint density at radius 3 is 0.833 bits per heavy atom. The van der Waals surface area contributed by atoms with Gasteiger partial charge in [0.1, 0.15) is 13.2 Å². The molecule has 0 bridgehead atoms. The summed E-state index contributed by atoms with van der Waals surface area (Å²) in [5, 5.41) is 0. The second-order valence-electron chi connectivity index (χ2n) is 18.4. The lowest BCUT2D eigenvalue weighted by Crippen LogP contribution is -2.26. The highest BCUT2D eigenvalue weighted by Crippen LogP contribution is 2.41. The van der Waals surface area contributed by atoms with Gasteiger partial charge in [0.25, 0.3) is 0 Å². The number of ether oxygens (including phenoxy) is 2. The molecule has 2 aromatic rings. The molecule has 0 saturated carbocycles. The van der Waals surface area contributed by atoms with Crippen LogP contribution in [0.3, 0.4) is 0 Å². The first kappa shape index (κ1) is 35.9. The van der Waals surface area contributed by atoms with Gasteiger partial charge >= 0.3 is 6.16 Å². The summed E-state index contributed by atoms with van der Waals surface area (Å²) >= 11 is 0. The summed E-state index contributed by atoms with van der Waals surface area (Å²) in [6.45, 7) is 40.7. The van der Waals surface area contributed by atoms with Gasteiger partial charge in [-0.25, -0.2) is 4.79 Å². The van der Waals surface area contributed by atoms with Crippen LogP contribution in [0.2, 0.25) is 0 Å². The number of benzene rings is 2. The van der Waals surface area contributed by atoms with E-state index < -0.39 is 6.16 Å². The van der Waals surface area contributed by atoms with E-state index in [1.54, 1.807) is 0 Å². The van der Waals surface area contributed by atoms with Gasteiger partial charge in [-0.2, -0.15) is 0 Å². The monoisotopic (exact) mass is 578 g/mol. The maximum Gasteiger partial charge on any atom is 0.508 e. The van der Waals surface area contributed by atoms with Crippen LogP contribution in [0.4, 0.5) is 4.79 Å². The van der Waals surface area contributed by atoms with Crippen molar-refractivity contribution in [3.63, 3.8) is 0 Å². The lowest BCUT2D eigenvalue weighted by molar-refractivity contribution is 0.0439. The van der Waals surface area contributed by atoms with Crippen LogP contribution in [-0.2, 0) is 55.2 Å². The molecule has 42 heavy (non-hydrogen) atoms. The Morgan fingerprint density at radius 1 is 0.405 bits per heavy atom. The lowest BCUT2D eigenvalue weighted by atomic mass is 9.71. The van der Waals surface area contributed by atoms with Crippen molar-refractivity contribution in [1.29, 1.82) is 0 Å². The third-order valence-electron chi connectivity index (χ3n) is 8.03. The van der Waals surface area contributed by atoms with Crippen LogP contribution in [0.15, 0.2) is 24.3 Å². The summed E-state index contributed by atoms with van der Waals surface area (Å²) < 4.78 is 11.6. The molecule has 0 atom stereocenters. The average Bonchev–Trinajstić information content (AvgIpc) is 2.76. The van der Waals surface area contributed by atoms with E-state index in [4.69, 9.17) is 9.47 Å². The molecule has 0 fully saturated rings. The average molecular weight is 579 g/mol. The van der Waals surface area contributed by atoms with Crippen LogP contribution in [0.1, 0.15) is 169 Å². The fourth-order valence-corrected chi connectivity index (χ4v) is 5.72. The second-order valence-corrected chi connectivity index (χ2v) is 18.4. The molecule has 236 valence electrons. The molecule has 0 heterocycles. The van der Waals surface area contributed by atoms with E-state index in [-0.39, 0.29) is 45.7 Å². The molecule has 0 aliphatic rings. The smallest absolute Gasteiger partial charge is 0.429 e. The first-order valence-electron chi connectivity index (χ1n) is 15.7. The number of hydrogen-bond donors (Lipinski definition) is 0. The zero-order chi connectivity index (χ0) is 32.9. The second kappa shape index (κ2) is 11.7. The van der Waals surface area contributed by atoms with Gasteiger partial charge in [-0.05, 0) is 77.0 Å². The molecule has 0 N–H and O–H groups in total. The van der Waals surface area contributed by atoms with E-state index in [9.17, 15) is 4.79 Å². The predicted octanol–water partition coefficient (Wildman–Crippen LogP) is 11.3. The molecular weight excluding hydrogens is 516 g/mol. The topological polar surface area (TPSA) is 35.5 Å². The minimum absolute atomic E-state index is 0.000138. The molecule has 0 amide bonds. The Kier molecular flexibility index (Phi) is 9.97. The quantitative estimate of drug-likeness (QED) is 0.338. The van der Waals surface area contributed by atoms with Crippen LogP contribution in [0.25, 0.3) is 0 Å². The number of carbonyl (C=O) groups excluding carboxylic acids is 1. The normalized spacial score (nSPS) is 13.8. The number of rotatable bonds is 4. The minimum Gasteiger partial charge on any atom is -0.429 e. The van der Waals surface area contributed by atoms with Gasteiger partial charge in [-0.3, -0.25) is 0 Å². The van der Waals surface area contributed by atoms with Crippen molar-refractivity contribution < 1.29 is 14.3 Å². The third-order valence-corrected chi connectivity index (χ3v) is 8.03. The summed E-state index contributed by atoms with van der Waals surface area (Å²) in [7, 11) is 0. The van der Waals surface area contributed by atoms with Gasteiger partial charge in [-0.15, -0.1) is 0 Å². The van der Waals surface area contributed by atoms with Crippen molar-refractivity contribution in [3.8, 4) is 0 Å². The van der Waals surface area contributed by atoms with Gasteiger partial charge in [-0.1, -0.05) is 149 Å². The van der Waals surface area contributed by atoms with Crippen molar-refractivity contribution in [2.75, 3.05) is 0 Å². The first-order valence-corrected chi connectivity index (χ1v) is 15.7. The standard InChI is InChI=1S/C39H62O3/c1-34(2,3)27-21-31(38(13,14)15)29(36(7,8)9)19-25(27)23-41-33(40)42-24-26-20-30(37(10,11)12)32(39(16,17)18)22-28(26)35(4,5)6/h19-22H,23-24H2,1-18H3. The molecule has 0 aliphatic heterocycles. The van der Waals surface area contributed by atoms with Crippen LogP contribution >= 0.6 is 0 Å². The maximum atomic E-state index is 13.1. The molecule has 3 nitrogen and oxygen atoms in total. The summed E-state index contributed by atoms with van der Waals surface area (Å²) in [5.41, 5.74) is 9.47. The highest BCUT2D eigenvalue weighted by Gasteiger charge is 2.31. The van der Waals surface area contributed by atoms with Gasteiger partial charge in [0, 0.05) is 0 Å². The summed E-state index contributed by atoms with van der Waals surface area (Å²) in [5.74, 6) is 0. The molecule has 0 radical (unpaired) electrons. The number of hydrogen-bond acceptors (Lipinski definition) is 3. The van der Waals surface area contributed by atoms with Crippen molar-refractivity contribution >= 4 is 6.16 Å². The van der Waals surface area contributed by atoms with E-state index in [1.165, 1.54) is 33.4 Å². The molecule has 0 unspecified atom stereocenters. The molecule has 2 aromatic carbocycles. The van der Waals surface area contributed by atoms with Crippen LogP contribution in [0.5, 0.6) is 0 Å². The van der Waals surface area contributed by atoms with Crippen molar-refractivity contribution in [3.05, 3.63) is 68.8 Å². The molecular formula is C39H62O3. The van der Waals surface area contributed by atoms with Gasteiger partial charge in [0.05, 0.1) is 0 Å². The van der Waals surface area contributed by atoms with E-state index >= 15 is 0 Å². The fraction of sp³-hybridized carbons (Fsp3) is 0.667. The Hall–Kier alpha value is -2.29. The highest BCUT2D eigenvalue weighted by atomic mass is 16.7. The van der Waals surface area contributed by atoms with Gasteiger partial charge in [0.15, 0.2) is 0 Å². The van der Waals surface area contributed by atoms with Crippen molar-refractivity contribution in [1.82, 2.24) is 0 Å². The van der Waals surface area contributed by atoms with E-state index in [1.807, 2.05) is 0 Å². The molecule has 3 heteroatoms. The molecule has 0 saturated heterocycles. The van der Waals surface area contributed by atoms with Crippen LogP contribution < -0.4 is 0 Å². The summed E-state index contributed by atoms with van der Waals surface area (Å²) in [4.78, 5) is 13.1. The van der Waals surface area contributed by atoms with Crippen LogP contribution in [-0.4, -0.2) is 6.16 Å². The Morgan fingerprint density at radius 2 is 0.619 bits per heavy atom. The summed E-state index contributed by atoms with van der Waals surface area (Å²) in [6, 6.07) is 9.19. The Labute approximate surface area is 259 Å². The zero-order valence-corrected chi connectivity index (χ0v) is 30.4.